The van der Waals surface area contributed by atoms with Crippen LogP contribution in [-0.2, 0) is 4.79 Å². The van der Waals surface area contributed by atoms with Crippen molar-refractivity contribution in [2.75, 3.05) is 56.2 Å². The third-order valence-electron chi connectivity index (χ3n) is 5.85. The van der Waals surface area contributed by atoms with E-state index in [-0.39, 0.29) is 17.6 Å². The monoisotopic (exact) mass is 426 g/mol. The number of thiazole rings is 1. The molecule has 0 radical (unpaired) electrons. The molecule has 0 atom stereocenters. The average molecular weight is 427 g/mol. The lowest BCUT2D eigenvalue weighted by molar-refractivity contribution is -0.136. The summed E-state index contributed by atoms with van der Waals surface area (Å²) < 4.78 is 19.5. The molecule has 2 aromatic carbocycles. The number of fused-ring (bicyclic) bond motifs is 1. The van der Waals surface area contributed by atoms with Gasteiger partial charge in [0.15, 0.2) is 5.13 Å². The molecule has 2 saturated heterocycles. The van der Waals surface area contributed by atoms with Crippen molar-refractivity contribution in [2.24, 2.45) is 5.92 Å². The number of nitrogens with zero attached hydrogens (tertiary/aromatic N) is 4. The second-order valence-corrected chi connectivity index (χ2v) is 8.73. The van der Waals surface area contributed by atoms with Gasteiger partial charge in [0.25, 0.3) is 0 Å². The summed E-state index contributed by atoms with van der Waals surface area (Å²) in [5.41, 5.74) is 1.93. The molecule has 0 aliphatic carbocycles. The van der Waals surface area contributed by atoms with Gasteiger partial charge in [-0.3, -0.25) is 4.79 Å². The minimum absolute atomic E-state index is 0.0112. The zero-order valence-electron chi connectivity index (χ0n) is 16.8. The highest BCUT2D eigenvalue weighted by Crippen LogP contribution is 2.34. The molecule has 1 aromatic heterocycles. The van der Waals surface area contributed by atoms with E-state index in [9.17, 15) is 9.18 Å². The van der Waals surface area contributed by atoms with Crippen LogP contribution >= 0.6 is 11.3 Å². The Kier molecular flexibility index (Phi) is 4.94. The molecule has 5 rings (SSSR count). The van der Waals surface area contributed by atoms with Crippen LogP contribution in [0.25, 0.3) is 10.2 Å². The predicted octanol–water partition coefficient (Wildman–Crippen LogP) is 3.23. The second kappa shape index (κ2) is 7.75. The van der Waals surface area contributed by atoms with E-state index in [0.29, 0.717) is 13.1 Å². The molecule has 2 aliphatic rings. The van der Waals surface area contributed by atoms with Gasteiger partial charge < -0.3 is 19.4 Å². The summed E-state index contributed by atoms with van der Waals surface area (Å²) in [5.74, 6) is 0.835. The molecule has 2 fully saturated rings. The van der Waals surface area contributed by atoms with Crippen molar-refractivity contribution in [3.63, 3.8) is 0 Å². The van der Waals surface area contributed by atoms with Crippen molar-refractivity contribution in [1.29, 1.82) is 0 Å². The van der Waals surface area contributed by atoms with Crippen LogP contribution in [0.1, 0.15) is 0 Å². The van der Waals surface area contributed by atoms with Gasteiger partial charge >= 0.3 is 0 Å². The summed E-state index contributed by atoms with van der Waals surface area (Å²) in [6.07, 6.45) is 0. The number of hydrogen-bond donors (Lipinski definition) is 0. The Balaban J connectivity index is 1.16. The molecular weight excluding hydrogens is 403 g/mol. The topological polar surface area (TPSA) is 48.9 Å². The quantitative estimate of drug-likeness (QED) is 0.641. The molecule has 3 aromatic rings. The summed E-state index contributed by atoms with van der Waals surface area (Å²) in [6, 6.07) is 12.7. The van der Waals surface area contributed by atoms with E-state index in [0.717, 1.165) is 53.0 Å². The van der Waals surface area contributed by atoms with Gasteiger partial charge in [0.2, 0.25) is 5.91 Å². The van der Waals surface area contributed by atoms with Crippen molar-refractivity contribution < 1.29 is 13.9 Å². The Labute approximate surface area is 178 Å². The number of carbonyl (C=O) groups excluding carboxylic acids is 1. The predicted molar refractivity (Wildman–Crippen MR) is 117 cm³/mol. The van der Waals surface area contributed by atoms with E-state index in [1.807, 2.05) is 23.1 Å². The van der Waals surface area contributed by atoms with Crippen LogP contribution in [0.3, 0.4) is 0 Å². The van der Waals surface area contributed by atoms with Crippen LogP contribution < -0.4 is 14.5 Å². The van der Waals surface area contributed by atoms with Crippen molar-refractivity contribution >= 4 is 38.3 Å². The molecule has 0 bridgehead atoms. The van der Waals surface area contributed by atoms with Gasteiger partial charge in [-0.15, -0.1) is 0 Å². The second-order valence-electron chi connectivity index (χ2n) is 7.72. The first kappa shape index (κ1) is 19.1. The summed E-state index contributed by atoms with van der Waals surface area (Å²) >= 11 is 1.48. The number of aromatic nitrogens is 1. The Morgan fingerprint density at radius 1 is 1.10 bits per heavy atom. The van der Waals surface area contributed by atoms with E-state index in [2.05, 4.69) is 20.9 Å². The van der Waals surface area contributed by atoms with Crippen molar-refractivity contribution in [1.82, 2.24) is 9.88 Å². The number of methoxy groups -OCH3 is 1. The first-order chi connectivity index (χ1) is 14.6. The summed E-state index contributed by atoms with van der Waals surface area (Å²) in [7, 11) is 1.67. The Morgan fingerprint density at radius 3 is 2.67 bits per heavy atom. The van der Waals surface area contributed by atoms with Gasteiger partial charge in [0.05, 0.1) is 23.2 Å². The van der Waals surface area contributed by atoms with Crippen LogP contribution in [0.4, 0.5) is 15.2 Å². The summed E-state index contributed by atoms with van der Waals surface area (Å²) in [5, 5.41) is 0.863. The number of halogens is 1. The maximum Gasteiger partial charge on any atom is 0.229 e. The van der Waals surface area contributed by atoms with Crippen LogP contribution in [0.15, 0.2) is 42.5 Å². The van der Waals surface area contributed by atoms with Crippen molar-refractivity contribution in [2.45, 2.75) is 0 Å². The van der Waals surface area contributed by atoms with Crippen LogP contribution in [0.5, 0.6) is 5.75 Å². The first-order valence-corrected chi connectivity index (χ1v) is 10.9. The number of rotatable bonds is 4. The van der Waals surface area contributed by atoms with Gasteiger partial charge in [0, 0.05) is 51.0 Å². The highest BCUT2D eigenvalue weighted by Gasteiger charge is 2.37. The molecule has 8 heteroatoms. The standard InChI is InChI=1S/C22H23FN4O2S/c1-29-18-4-2-3-17(12-18)25-7-9-26(10-8-25)21(28)15-13-27(14-15)22-24-19-6-5-16(23)11-20(19)30-22/h2-6,11-12,15H,7-10,13-14H2,1H3. The average Bonchev–Trinajstić information content (AvgIpc) is 3.15. The molecular formula is C22H23FN4O2S. The maximum absolute atomic E-state index is 13.4. The molecule has 156 valence electrons. The molecule has 2 aliphatic heterocycles. The van der Waals surface area contributed by atoms with Gasteiger partial charge in [-0.25, -0.2) is 9.37 Å². The Bertz CT molecular complexity index is 1070. The number of amides is 1. The molecule has 0 spiro atoms. The smallest absolute Gasteiger partial charge is 0.229 e. The summed E-state index contributed by atoms with van der Waals surface area (Å²) in [6.45, 7) is 4.45. The molecule has 0 unspecified atom stereocenters. The molecule has 30 heavy (non-hydrogen) atoms. The van der Waals surface area contributed by atoms with E-state index >= 15 is 0 Å². The fourth-order valence-electron chi connectivity index (χ4n) is 4.06. The number of benzene rings is 2. The zero-order chi connectivity index (χ0) is 20.7. The molecule has 1 amide bonds. The normalized spacial score (nSPS) is 17.3. The fourth-order valence-corrected chi connectivity index (χ4v) is 5.07. The largest absolute Gasteiger partial charge is 0.497 e. The first-order valence-electron chi connectivity index (χ1n) is 10.1. The number of piperazine rings is 1. The number of hydrogen-bond acceptors (Lipinski definition) is 6. The lowest BCUT2D eigenvalue weighted by Crippen LogP contribution is -2.58. The zero-order valence-corrected chi connectivity index (χ0v) is 17.6. The van der Waals surface area contributed by atoms with Gasteiger partial charge in [0.1, 0.15) is 11.6 Å². The Morgan fingerprint density at radius 2 is 1.90 bits per heavy atom. The lowest BCUT2D eigenvalue weighted by atomic mass is 9.99. The van der Waals surface area contributed by atoms with Crippen LogP contribution in [0, 0.1) is 11.7 Å². The SMILES string of the molecule is COc1cccc(N2CCN(C(=O)C3CN(c4nc5ccc(F)cc5s4)C3)CC2)c1. The molecule has 0 saturated carbocycles. The number of anilines is 2. The van der Waals surface area contributed by atoms with E-state index < -0.39 is 0 Å². The Hall–Kier alpha value is -2.87. The fraction of sp³-hybridized carbons (Fsp3) is 0.364. The summed E-state index contributed by atoms with van der Waals surface area (Å²) in [4.78, 5) is 23.9. The van der Waals surface area contributed by atoms with Gasteiger partial charge in [-0.1, -0.05) is 17.4 Å². The lowest BCUT2D eigenvalue weighted by Gasteiger charge is -2.43. The third-order valence-corrected chi connectivity index (χ3v) is 6.93. The highest BCUT2D eigenvalue weighted by atomic mass is 32.1. The van der Waals surface area contributed by atoms with E-state index in [1.54, 1.807) is 13.2 Å². The van der Waals surface area contributed by atoms with Gasteiger partial charge in [-0.05, 0) is 30.3 Å². The van der Waals surface area contributed by atoms with E-state index in [1.165, 1.54) is 23.5 Å². The van der Waals surface area contributed by atoms with E-state index in [4.69, 9.17) is 4.74 Å². The van der Waals surface area contributed by atoms with Gasteiger partial charge in [-0.2, -0.15) is 0 Å². The van der Waals surface area contributed by atoms with Crippen molar-refractivity contribution in [3.05, 3.63) is 48.3 Å². The number of ether oxygens (including phenoxy) is 1. The van der Waals surface area contributed by atoms with Crippen LogP contribution in [-0.4, -0.2) is 62.2 Å². The maximum atomic E-state index is 13.4. The third kappa shape index (κ3) is 3.56. The minimum Gasteiger partial charge on any atom is -0.497 e. The minimum atomic E-state index is -0.248. The highest BCUT2D eigenvalue weighted by molar-refractivity contribution is 7.22. The number of carbonyl (C=O) groups is 1. The van der Waals surface area contributed by atoms with Crippen molar-refractivity contribution in [3.8, 4) is 5.75 Å². The molecule has 6 nitrogen and oxygen atoms in total. The van der Waals surface area contributed by atoms with Crippen LogP contribution in [0.2, 0.25) is 0 Å². The molecule has 0 N–H and O–H groups in total. The molecule has 3 heterocycles.